The second-order valence-corrected chi connectivity index (χ2v) is 4.33. The van der Waals surface area contributed by atoms with Gasteiger partial charge in [-0.2, -0.15) is 0 Å². The summed E-state index contributed by atoms with van der Waals surface area (Å²) < 4.78 is 0. The zero-order valence-corrected chi connectivity index (χ0v) is 10.9. The number of carbonyl (C=O) groups is 1. The monoisotopic (exact) mass is 255 g/mol. The van der Waals surface area contributed by atoms with Gasteiger partial charge < -0.3 is 11.1 Å². The van der Waals surface area contributed by atoms with Crippen LogP contribution in [-0.4, -0.2) is 16.9 Å². The van der Waals surface area contributed by atoms with Crippen LogP contribution in [0.25, 0.3) is 0 Å². The highest BCUT2D eigenvalue weighted by molar-refractivity contribution is 6.32. The molecule has 0 spiro atoms. The molecule has 1 amide bonds. The number of pyridine rings is 1. The molecule has 3 N–H and O–H groups in total. The third-order valence-electron chi connectivity index (χ3n) is 2.57. The van der Waals surface area contributed by atoms with Gasteiger partial charge in [-0.3, -0.25) is 4.79 Å². The molecule has 0 aliphatic heterocycles. The Hall–Kier alpha value is -1.29. The number of nitrogen functional groups attached to an aromatic ring is 1. The van der Waals surface area contributed by atoms with Crippen molar-refractivity contribution in [2.45, 2.75) is 39.2 Å². The molecule has 1 rings (SSSR count). The van der Waals surface area contributed by atoms with E-state index < -0.39 is 0 Å². The number of aromatic nitrogens is 1. The number of nitrogens with two attached hydrogens (primary N) is 1. The Balaban J connectivity index is 2.78. The Morgan fingerprint density at radius 1 is 1.59 bits per heavy atom. The number of nitrogens with one attached hydrogen (secondary N) is 1. The SMILES string of the molecule is CCCC(CC)NC(=O)c1cc(N)cnc1Cl. The van der Waals surface area contributed by atoms with Crippen LogP contribution in [0.4, 0.5) is 5.69 Å². The lowest BCUT2D eigenvalue weighted by Gasteiger charge is -2.16. The molecule has 0 fully saturated rings. The summed E-state index contributed by atoms with van der Waals surface area (Å²) in [5.74, 6) is -0.213. The molecule has 4 nitrogen and oxygen atoms in total. The molecule has 0 bridgehead atoms. The first-order chi connectivity index (χ1) is 8.08. The number of hydrogen-bond acceptors (Lipinski definition) is 3. The van der Waals surface area contributed by atoms with E-state index in [0.29, 0.717) is 11.3 Å². The highest BCUT2D eigenvalue weighted by Crippen LogP contribution is 2.16. The van der Waals surface area contributed by atoms with Gasteiger partial charge in [0.05, 0.1) is 17.4 Å². The van der Waals surface area contributed by atoms with E-state index in [1.54, 1.807) is 6.07 Å². The Kier molecular flexibility index (Phi) is 5.22. The van der Waals surface area contributed by atoms with Gasteiger partial charge in [0.25, 0.3) is 5.91 Å². The summed E-state index contributed by atoms with van der Waals surface area (Å²) >= 11 is 5.87. The predicted molar refractivity (Wildman–Crippen MR) is 70.1 cm³/mol. The minimum atomic E-state index is -0.213. The van der Waals surface area contributed by atoms with E-state index in [-0.39, 0.29) is 17.1 Å². The fourth-order valence-corrected chi connectivity index (χ4v) is 1.80. The van der Waals surface area contributed by atoms with Gasteiger partial charge >= 0.3 is 0 Å². The minimum absolute atomic E-state index is 0.171. The summed E-state index contributed by atoms with van der Waals surface area (Å²) in [6.45, 7) is 4.13. The second kappa shape index (κ2) is 6.45. The number of carbonyl (C=O) groups excluding carboxylic acids is 1. The van der Waals surface area contributed by atoms with Crippen molar-refractivity contribution in [3.8, 4) is 0 Å². The molecule has 5 heteroatoms. The Morgan fingerprint density at radius 3 is 2.88 bits per heavy atom. The number of hydrogen-bond donors (Lipinski definition) is 2. The van der Waals surface area contributed by atoms with Crippen LogP contribution in [0.3, 0.4) is 0 Å². The van der Waals surface area contributed by atoms with E-state index in [0.717, 1.165) is 19.3 Å². The quantitative estimate of drug-likeness (QED) is 0.795. The summed E-state index contributed by atoms with van der Waals surface area (Å²) in [6, 6.07) is 1.72. The van der Waals surface area contributed by atoms with E-state index in [2.05, 4.69) is 17.2 Å². The fraction of sp³-hybridized carbons (Fsp3) is 0.500. The third-order valence-corrected chi connectivity index (χ3v) is 2.87. The predicted octanol–water partition coefficient (Wildman–Crippen LogP) is 2.63. The summed E-state index contributed by atoms with van der Waals surface area (Å²) in [4.78, 5) is 15.8. The summed E-state index contributed by atoms with van der Waals surface area (Å²) in [5, 5.41) is 3.12. The van der Waals surface area contributed by atoms with Crippen LogP contribution in [0.5, 0.6) is 0 Å². The first-order valence-electron chi connectivity index (χ1n) is 5.80. The lowest BCUT2D eigenvalue weighted by molar-refractivity contribution is 0.0933. The van der Waals surface area contributed by atoms with Gasteiger partial charge in [0.2, 0.25) is 0 Å². The van der Waals surface area contributed by atoms with E-state index >= 15 is 0 Å². The lowest BCUT2D eigenvalue weighted by atomic mass is 10.1. The van der Waals surface area contributed by atoms with Crippen molar-refractivity contribution in [3.05, 3.63) is 23.0 Å². The van der Waals surface area contributed by atoms with Crippen LogP contribution in [0.1, 0.15) is 43.5 Å². The van der Waals surface area contributed by atoms with Crippen molar-refractivity contribution < 1.29 is 4.79 Å². The molecule has 0 aliphatic carbocycles. The van der Waals surface area contributed by atoms with Crippen molar-refractivity contribution in [1.82, 2.24) is 10.3 Å². The molecule has 1 heterocycles. The maximum absolute atomic E-state index is 12.0. The molecule has 1 atom stereocenters. The molecule has 0 saturated carbocycles. The van der Waals surface area contributed by atoms with Gasteiger partial charge in [0, 0.05) is 6.04 Å². The first-order valence-corrected chi connectivity index (χ1v) is 6.18. The summed E-state index contributed by atoms with van der Waals surface area (Å²) in [6.07, 6.45) is 4.31. The van der Waals surface area contributed by atoms with Crippen LogP contribution in [-0.2, 0) is 0 Å². The molecule has 0 saturated heterocycles. The average Bonchev–Trinajstić information content (AvgIpc) is 2.31. The highest BCUT2D eigenvalue weighted by atomic mass is 35.5. The van der Waals surface area contributed by atoms with Gasteiger partial charge in [-0.1, -0.05) is 31.9 Å². The Bertz CT molecular complexity index is 395. The van der Waals surface area contributed by atoms with Gasteiger partial charge in [0.15, 0.2) is 0 Å². The number of anilines is 1. The number of rotatable bonds is 5. The van der Waals surface area contributed by atoms with E-state index in [1.807, 2.05) is 6.92 Å². The van der Waals surface area contributed by atoms with Gasteiger partial charge in [-0.05, 0) is 18.9 Å². The van der Waals surface area contributed by atoms with Crippen LogP contribution in [0, 0.1) is 0 Å². The van der Waals surface area contributed by atoms with Crippen LogP contribution in [0.15, 0.2) is 12.3 Å². The normalized spacial score (nSPS) is 12.2. The van der Waals surface area contributed by atoms with Crippen molar-refractivity contribution in [1.29, 1.82) is 0 Å². The molecule has 1 aromatic rings. The third kappa shape index (κ3) is 3.89. The van der Waals surface area contributed by atoms with Crippen LogP contribution >= 0.6 is 11.6 Å². The standard InChI is InChI=1S/C12H18ClN3O/c1-3-5-9(4-2)16-12(17)10-6-8(14)7-15-11(10)13/h6-7,9H,3-5,14H2,1-2H3,(H,16,17). The van der Waals surface area contributed by atoms with E-state index in [4.69, 9.17) is 17.3 Å². The molecule has 0 radical (unpaired) electrons. The first kappa shape index (κ1) is 13.8. The Labute approximate surface area is 107 Å². The molecular formula is C12H18ClN3O. The number of halogens is 1. The largest absolute Gasteiger partial charge is 0.397 e. The molecular weight excluding hydrogens is 238 g/mol. The van der Waals surface area contributed by atoms with Gasteiger partial charge in [-0.25, -0.2) is 4.98 Å². The van der Waals surface area contributed by atoms with Crippen LogP contribution in [0.2, 0.25) is 5.15 Å². The topological polar surface area (TPSA) is 68.0 Å². The highest BCUT2D eigenvalue weighted by Gasteiger charge is 2.15. The molecule has 0 aliphatic rings. The molecule has 1 aromatic heterocycles. The van der Waals surface area contributed by atoms with E-state index in [9.17, 15) is 4.79 Å². The minimum Gasteiger partial charge on any atom is -0.397 e. The van der Waals surface area contributed by atoms with Gasteiger partial charge in [-0.15, -0.1) is 0 Å². The molecule has 94 valence electrons. The van der Waals surface area contributed by atoms with Crippen molar-refractivity contribution in [3.63, 3.8) is 0 Å². The maximum Gasteiger partial charge on any atom is 0.254 e. The van der Waals surface area contributed by atoms with Crippen LogP contribution < -0.4 is 11.1 Å². The van der Waals surface area contributed by atoms with E-state index in [1.165, 1.54) is 6.20 Å². The zero-order chi connectivity index (χ0) is 12.8. The molecule has 17 heavy (non-hydrogen) atoms. The maximum atomic E-state index is 12.0. The fourth-order valence-electron chi connectivity index (χ4n) is 1.61. The van der Waals surface area contributed by atoms with Gasteiger partial charge in [0.1, 0.15) is 5.15 Å². The second-order valence-electron chi connectivity index (χ2n) is 3.97. The number of amides is 1. The number of nitrogens with zero attached hydrogens (tertiary/aromatic N) is 1. The van der Waals surface area contributed by atoms with Crippen molar-refractivity contribution in [2.24, 2.45) is 0 Å². The smallest absolute Gasteiger partial charge is 0.254 e. The zero-order valence-electron chi connectivity index (χ0n) is 10.2. The van der Waals surface area contributed by atoms with Crippen molar-refractivity contribution in [2.75, 3.05) is 5.73 Å². The average molecular weight is 256 g/mol. The summed E-state index contributed by atoms with van der Waals surface area (Å²) in [7, 11) is 0. The molecule has 0 aromatic carbocycles. The van der Waals surface area contributed by atoms with Crippen molar-refractivity contribution >= 4 is 23.2 Å². The lowest BCUT2D eigenvalue weighted by Crippen LogP contribution is -2.34. The summed E-state index contributed by atoms with van der Waals surface area (Å²) in [5.41, 5.74) is 6.35. The Morgan fingerprint density at radius 2 is 2.29 bits per heavy atom. The molecule has 1 unspecified atom stereocenters.